The maximum absolute atomic E-state index is 5.82. The summed E-state index contributed by atoms with van der Waals surface area (Å²) in [6.07, 6.45) is 5.02. The van der Waals surface area contributed by atoms with Gasteiger partial charge >= 0.3 is 0 Å². The zero-order valence-electron chi connectivity index (χ0n) is 8.65. The van der Waals surface area contributed by atoms with Crippen molar-refractivity contribution in [3.05, 3.63) is 52.8 Å². The quantitative estimate of drug-likeness (QED) is 0.777. The van der Waals surface area contributed by atoms with E-state index in [1.165, 1.54) is 11.1 Å². The molecule has 2 aromatic rings. The van der Waals surface area contributed by atoms with E-state index in [-0.39, 0.29) is 0 Å². The van der Waals surface area contributed by atoms with E-state index in [0.29, 0.717) is 0 Å². The molecule has 0 radical (unpaired) electrons. The second kappa shape index (κ2) is 4.49. The minimum atomic E-state index is 0.772. The fourth-order valence-electron chi connectivity index (χ4n) is 1.45. The first-order valence-corrected chi connectivity index (χ1v) is 5.41. The molecule has 0 N–H and O–H groups in total. The van der Waals surface area contributed by atoms with Gasteiger partial charge in [0.15, 0.2) is 0 Å². The SMILES string of the molecule is CCc1cnn(Cc2ccc(Cl)cc2)c1. The van der Waals surface area contributed by atoms with E-state index in [0.717, 1.165) is 18.0 Å². The molecule has 2 nitrogen and oxygen atoms in total. The Kier molecular flexibility index (Phi) is 3.07. The first-order valence-electron chi connectivity index (χ1n) is 5.03. The summed E-state index contributed by atoms with van der Waals surface area (Å²) in [5.41, 5.74) is 2.48. The lowest BCUT2D eigenvalue weighted by Crippen LogP contribution is -1.99. The third-order valence-corrected chi connectivity index (χ3v) is 2.60. The van der Waals surface area contributed by atoms with Crippen molar-refractivity contribution < 1.29 is 0 Å². The van der Waals surface area contributed by atoms with Crippen LogP contribution in [0.1, 0.15) is 18.1 Å². The molecule has 0 saturated carbocycles. The lowest BCUT2D eigenvalue weighted by atomic mass is 10.2. The first kappa shape index (κ1) is 10.2. The van der Waals surface area contributed by atoms with Crippen molar-refractivity contribution in [1.29, 1.82) is 0 Å². The standard InChI is InChI=1S/C12H13ClN2/c1-2-10-7-14-15(8-10)9-11-3-5-12(13)6-4-11/h3-8H,2,9H2,1H3. The van der Waals surface area contributed by atoms with Crippen molar-refractivity contribution in [1.82, 2.24) is 9.78 Å². The summed E-state index contributed by atoms with van der Waals surface area (Å²) in [7, 11) is 0. The Labute approximate surface area is 94.5 Å². The Morgan fingerprint density at radius 3 is 2.53 bits per heavy atom. The normalized spacial score (nSPS) is 10.5. The van der Waals surface area contributed by atoms with Crippen LogP contribution in [0.3, 0.4) is 0 Å². The van der Waals surface area contributed by atoms with Crippen LogP contribution in [0, 0.1) is 0 Å². The number of hydrogen-bond donors (Lipinski definition) is 0. The number of hydrogen-bond acceptors (Lipinski definition) is 1. The third kappa shape index (κ3) is 2.60. The minimum Gasteiger partial charge on any atom is -0.268 e. The highest BCUT2D eigenvalue weighted by Crippen LogP contribution is 2.10. The molecule has 0 bridgehead atoms. The predicted molar refractivity (Wildman–Crippen MR) is 62.2 cm³/mol. The number of halogens is 1. The molecule has 0 amide bonds. The monoisotopic (exact) mass is 220 g/mol. The highest BCUT2D eigenvalue weighted by molar-refractivity contribution is 6.30. The third-order valence-electron chi connectivity index (χ3n) is 2.35. The first-order chi connectivity index (χ1) is 7.28. The van der Waals surface area contributed by atoms with Crippen LogP contribution in [0.25, 0.3) is 0 Å². The van der Waals surface area contributed by atoms with Crippen LogP contribution >= 0.6 is 11.6 Å². The maximum Gasteiger partial charge on any atom is 0.0659 e. The van der Waals surface area contributed by atoms with E-state index >= 15 is 0 Å². The van der Waals surface area contributed by atoms with Gasteiger partial charge in [0.25, 0.3) is 0 Å². The molecule has 2 rings (SSSR count). The Morgan fingerprint density at radius 2 is 1.93 bits per heavy atom. The number of rotatable bonds is 3. The van der Waals surface area contributed by atoms with Crippen LogP contribution in [0.2, 0.25) is 5.02 Å². The summed E-state index contributed by atoms with van der Waals surface area (Å²) < 4.78 is 1.95. The van der Waals surface area contributed by atoms with Gasteiger partial charge in [-0.3, -0.25) is 4.68 Å². The van der Waals surface area contributed by atoms with Crippen molar-refractivity contribution in [2.24, 2.45) is 0 Å². The van der Waals surface area contributed by atoms with E-state index in [9.17, 15) is 0 Å². The van der Waals surface area contributed by atoms with Gasteiger partial charge in [-0.05, 0) is 29.7 Å². The predicted octanol–water partition coefficient (Wildman–Crippen LogP) is 3.15. The van der Waals surface area contributed by atoms with Crippen LogP contribution in [0.5, 0.6) is 0 Å². The molecular formula is C12H13ClN2. The Hall–Kier alpha value is -1.28. The van der Waals surface area contributed by atoms with Crippen molar-refractivity contribution in [3.63, 3.8) is 0 Å². The zero-order chi connectivity index (χ0) is 10.7. The van der Waals surface area contributed by atoms with Crippen LogP contribution < -0.4 is 0 Å². The fraction of sp³-hybridized carbons (Fsp3) is 0.250. The molecule has 1 aromatic carbocycles. The zero-order valence-corrected chi connectivity index (χ0v) is 9.41. The van der Waals surface area contributed by atoms with Gasteiger partial charge in [0, 0.05) is 11.2 Å². The highest BCUT2D eigenvalue weighted by atomic mass is 35.5. The number of nitrogens with zero attached hydrogens (tertiary/aromatic N) is 2. The summed E-state index contributed by atoms with van der Waals surface area (Å²) in [6, 6.07) is 7.85. The van der Waals surface area contributed by atoms with E-state index in [2.05, 4.69) is 18.2 Å². The van der Waals surface area contributed by atoms with E-state index in [1.807, 2.05) is 35.1 Å². The molecule has 0 aliphatic heterocycles. The van der Waals surface area contributed by atoms with E-state index in [1.54, 1.807) is 0 Å². The molecule has 0 spiro atoms. The molecule has 0 fully saturated rings. The highest BCUT2D eigenvalue weighted by Gasteiger charge is 1.98. The van der Waals surface area contributed by atoms with E-state index in [4.69, 9.17) is 11.6 Å². The fourth-order valence-corrected chi connectivity index (χ4v) is 1.58. The minimum absolute atomic E-state index is 0.772. The molecule has 1 aromatic heterocycles. The van der Waals surface area contributed by atoms with Gasteiger partial charge in [0.1, 0.15) is 0 Å². The maximum atomic E-state index is 5.82. The van der Waals surface area contributed by atoms with Gasteiger partial charge in [-0.1, -0.05) is 30.7 Å². The molecule has 0 saturated heterocycles. The van der Waals surface area contributed by atoms with Crippen molar-refractivity contribution in [2.75, 3.05) is 0 Å². The average molecular weight is 221 g/mol. The average Bonchev–Trinajstić information content (AvgIpc) is 2.69. The Morgan fingerprint density at radius 1 is 1.20 bits per heavy atom. The lowest BCUT2D eigenvalue weighted by molar-refractivity contribution is 0.686. The molecule has 0 unspecified atom stereocenters. The molecule has 0 aliphatic rings. The summed E-state index contributed by atoms with van der Waals surface area (Å²) in [4.78, 5) is 0. The van der Waals surface area contributed by atoms with Crippen LogP contribution in [0.15, 0.2) is 36.7 Å². The number of aromatic nitrogens is 2. The molecular weight excluding hydrogens is 208 g/mol. The van der Waals surface area contributed by atoms with Crippen LogP contribution in [-0.4, -0.2) is 9.78 Å². The second-order valence-corrected chi connectivity index (χ2v) is 3.96. The number of benzene rings is 1. The summed E-state index contributed by atoms with van der Waals surface area (Å²) in [5.74, 6) is 0. The van der Waals surface area contributed by atoms with Crippen molar-refractivity contribution >= 4 is 11.6 Å². The van der Waals surface area contributed by atoms with Crippen LogP contribution in [0.4, 0.5) is 0 Å². The van der Waals surface area contributed by atoms with Crippen molar-refractivity contribution in [2.45, 2.75) is 19.9 Å². The Balaban J connectivity index is 2.11. The molecule has 3 heteroatoms. The molecule has 1 heterocycles. The summed E-state index contributed by atoms with van der Waals surface area (Å²) >= 11 is 5.82. The van der Waals surface area contributed by atoms with Gasteiger partial charge in [0.05, 0.1) is 12.7 Å². The molecule has 0 atom stereocenters. The molecule has 15 heavy (non-hydrogen) atoms. The van der Waals surface area contributed by atoms with Gasteiger partial charge in [-0.2, -0.15) is 5.10 Å². The van der Waals surface area contributed by atoms with Gasteiger partial charge in [-0.15, -0.1) is 0 Å². The van der Waals surface area contributed by atoms with Gasteiger partial charge in [-0.25, -0.2) is 0 Å². The molecule has 78 valence electrons. The summed E-state index contributed by atoms with van der Waals surface area (Å²) in [5, 5.41) is 5.06. The van der Waals surface area contributed by atoms with Crippen molar-refractivity contribution in [3.8, 4) is 0 Å². The number of aryl methyl sites for hydroxylation is 1. The van der Waals surface area contributed by atoms with E-state index < -0.39 is 0 Å². The second-order valence-electron chi connectivity index (χ2n) is 3.53. The van der Waals surface area contributed by atoms with Gasteiger partial charge in [0.2, 0.25) is 0 Å². The van der Waals surface area contributed by atoms with Crippen LogP contribution in [-0.2, 0) is 13.0 Å². The largest absolute Gasteiger partial charge is 0.268 e. The Bertz CT molecular complexity index is 431. The smallest absolute Gasteiger partial charge is 0.0659 e. The molecule has 0 aliphatic carbocycles. The topological polar surface area (TPSA) is 17.8 Å². The lowest BCUT2D eigenvalue weighted by Gasteiger charge is -2.01. The summed E-state index contributed by atoms with van der Waals surface area (Å²) in [6.45, 7) is 2.93. The van der Waals surface area contributed by atoms with Gasteiger partial charge < -0.3 is 0 Å².